The van der Waals surface area contributed by atoms with Crippen LogP contribution < -0.4 is 5.32 Å². The number of methoxy groups -OCH3 is 1. The second-order valence-electron chi connectivity index (χ2n) is 7.22. The molecule has 4 amide bonds. The van der Waals surface area contributed by atoms with Crippen LogP contribution in [0.3, 0.4) is 0 Å². The Morgan fingerprint density at radius 3 is 2.59 bits per heavy atom. The molecular weight excluding hydrogens is 346 g/mol. The highest BCUT2D eigenvalue weighted by Crippen LogP contribution is 2.35. The average molecular weight is 373 g/mol. The molecule has 27 heavy (non-hydrogen) atoms. The lowest BCUT2D eigenvalue weighted by molar-refractivity contribution is -0.134. The van der Waals surface area contributed by atoms with Crippen molar-refractivity contribution in [2.45, 2.75) is 44.2 Å². The molecule has 146 valence electrons. The third-order valence-electron chi connectivity index (χ3n) is 5.39. The molecule has 0 radical (unpaired) electrons. The van der Waals surface area contributed by atoms with E-state index in [-0.39, 0.29) is 30.8 Å². The highest BCUT2D eigenvalue weighted by atomic mass is 16.5. The third-order valence-corrected chi connectivity index (χ3v) is 5.39. The highest BCUT2D eigenvalue weighted by Gasteiger charge is 2.52. The van der Waals surface area contributed by atoms with Gasteiger partial charge in [0.25, 0.3) is 5.91 Å². The summed E-state index contributed by atoms with van der Waals surface area (Å²) in [6.07, 6.45) is 3.39. The zero-order valence-corrected chi connectivity index (χ0v) is 15.8. The van der Waals surface area contributed by atoms with E-state index in [0.29, 0.717) is 32.5 Å². The molecule has 3 rings (SSSR count). The summed E-state index contributed by atoms with van der Waals surface area (Å²) in [7, 11) is 1.60. The number of carbonyl (C=O) groups excluding carboxylic acids is 3. The van der Waals surface area contributed by atoms with Crippen LogP contribution in [0.5, 0.6) is 0 Å². The van der Waals surface area contributed by atoms with Crippen LogP contribution in [-0.4, -0.2) is 60.0 Å². The minimum absolute atomic E-state index is 0.0936. The SMILES string of the molecule is COCCN(Cc1ccccc1)C(=O)CCN1C(=O)NC2(CCCC2)C1=O. The molecule has 1 saturated heterocycles. The van der Waals surface area contributed by atoms with Gasteiger partial charge >= 0.3 is 6.03 Å². The normalized spacial score (nSPS) is 18.2. The lowest BCUT2D eigenvalue weighted by Gasteiger charge is -2.24. The van der Waals surface area contributed by atoms with Crippen LogP contribution >= 0.6 is 0 Å². The number of carbonyl (C=O) groups is 3. The number of ether oxygens (including phenoxy) is 1. The zero-order chi connectivity index (χ0) is 19.3. The third kappa shape index (κ3) is 4.30. The van der Waals surface area contributed by atoms with Gasteiger partial charge in [-0.1, -0.05) is 43.2 Å². The summed E-state index contributed by atoms with van der Waals surface area (Å²) in [5.41, 5.74) is 0.307. The Morgan fingerprint density at radius 2 is 1.93 bits per heavy atom. The van der Waals surface area contributed by atoms with Crippen LogP contribution in [0.25, 0.3) is 0 Å². The Labute approximate surface area is 159 Å². The number of hydrogen-bond acceptors (Lipinski definition) is 4. The Hall–Kier alpha value is -2.41. The quantitative estimate of drug-likeness (QED) is 0.706. The number of amides is 4. The summed E-state index contributed by atoms with van der Waals surface area (Å²) in [5, 5.41) is 2.85. The van der Waals surface area contributed by atoms with Crippen molar-refractivity contribution in [2.24, 2.45) is 0 Å². The molecule has 1 aromatic rings. The van der Waals surface area contributed by atoms with Crippen molar-refractivity contribution in [2.75, 3.05) is 26.8 Å². The first kappa shape index (κ1) is 19.4. The maximum atomic E-state index is 12.7. The second kappa shape index (κ2) is 8.52. The molecule has 1 saturated carbocycles. The van der Waals surface area contributed by atoms with E-state index in [1.54, 1.807) is 12.0 Å². The molecular formula is C20H27N3O4. The molecule has 0 bridgehead atoms. The molecule has 1 heterocycles. The maximum Gasteiger partial charge on any atom is 0.325 e. The molecule has 2 aliphatic rings. The number of nitrogens with zero attached hydrogens (tertiary/aromatic N) is 2. The molecule has 2 fully saturated rings. The molecule has 1 spiro atoms. The van der Waals surface area contributed by atoms with Crippen LogP contribution in [0.1, 0.15) is 37.7 Å². The van der Waals surface area contributed by atoms with Crippen molar-refractivity contribution in [3.05, 3.63) is 35.9 Å². The van der Waals surface area contributed by atoms with E-state index < -0.39 is 5.54 Å². The standard InChI is InChI=1S/C20H27N3O4/c1-27-14-13-22(15-16-7-3-2-4-8-16)17(24)9-12-23-18(25)20(21-19(23)26)10-5-6-11-20/h2-4,7-8H,5-6,9-15H2,1H3,(H,21,26). The molecule has 0 unspecified atom stereocenters. The monoisotopic (exact) mass is 373 g/mol. The number of hydrogen-bond donors (Lipinski definition) is 1. The van der Waals surface area contributed by atoms with Crippen LogP contribution in [0, 0.1) is 0 Å². The minimum atomic E-state index is -0.722. The zero-order valence-electron chi connectivity index (χ0n) is 15.8. The van der Waals surface area contributed by atoms with Crippen LogP contribution in [0.4, 0.5) is 4.79 Å². The van der Waals surface area contributed by atoms with Gasteiger partial charge in [0.05, 0.1) is 6.61 Å². The summed E-state index contributed by atoms with van der Waals surface area (Å²) in [5.74, 6) is -0.270. The van der Waals surface area contributed by atoms with Crippen LogP contribution in [-0.2, 0) is 20.9 Å². The van der Waals surface area contributed by atoms with E-state index in [9.17, 15) is 14.4 Å². The van der Waals surface area contributed by atoms with Crippen molar-refractivity contribution in [1.29, 1.82) is 0 Å². The Kier molecular flexibility index (Phi) is 6.11. The summed E-state index contributed by atoms with van der Waals surface area (Å²) in [4.78, 5) is 40.6. The predicted octanol–water partition coefficient (Wildman–Crippen LogP) is 1.92. The van der Waals surface area contributed by atoms with E-state index in [2.05, 4.69) is 5.32 Å². The van der Waals surface area contributed by atoms with Crippen molar-refractivity contribution in [3.63, 3.8) is 0 Å². The number of nitrogens with one attached hydrogen (secondary N) is 1. The fourth-order valence-corrected chi connectivity index (χ4v) is 3.86. The summed E-state index contributed by atoms with van der Waals surface area (Å²) < 4.78 is 5.11. The lowest BCUT2D eigenvalue weighted by Crippen LogP contribution is -2.44. The summed E-state index contributed by atoms with van der Waals surface area (Å²) >= 11 is 0. The summed E-state index contributed by atoms with van der Waals surface area (Å²) in [6, 6.07) is 9.36. The van der Waals surface area contributed by atoms with Crippen molar-refractivity contribution >= 4 is 17.8 Å². The Morgan fingerprint density at radius 1 is 1.22 bits per heavy atom. The maximum absolute atomic E-state index is 12.7. The first-order chi connectivity index (χ1) is 13.1. The van der Waals surface area contributed by atoms with Gasteiger partial charge in [-0.2, -0.15) is 0 Å². The van der Waals surface area contributed by atoms with E-state index >= 15 is 0 Å². The molecule has 1 aliphatic heterocycles. The van der Waals surface area contributed by atoms with Gasteiger partial charge < -0.3 is 15.0 Å². The molecule has 1 aromatic carbocycles. The van der Waals surface area contributed by atoms with E-state index in [1.807, 2.05) is 30.3 Å². The van der Waals surface area contributed by atoms with Gasteiger partial charge in [-0.05, 0) is 18.4 Å². The topological polar surface area (TPSA) is 79.0 Å². The number of rotatable bonds is 8. The second-order valence-corrected chi connectivity index (χ2v) is 7.22. The predicted molar refractivity (Wildman–Crippen MR) is 99.8 cm³/mol. The van der Waals surface area contributed by atoms with Crippen molar-refractivity contribution < 1.29 is 19.1 Å². The van der Waals surface area contributed by atoms with Crippen LogP contribution in [0.2, 0.25) is 0 Å². The van der Waals surface area contributed by atoms with Gasteiger partial charge in [-0.15, -0.1) is 0 Å². The van der Waals surface area contributed by atoms with E-state index in [0.717, 1.165) is 18.4 Å². The van der Waals surface area contributed by atoms with Gasteiger partial charge in [0.1, 0.15) is 5.54 Å². The minimum Gasteiger partial charge on any atom is -0.383 e. The average Bonchev–Trinajstić information content (AvgIpc) is 3.23. The van der Waals surface area contributed by atoms with Gasteiger partial charge in [0.15, 0.2) is 0 Å². The molecule has 7 nitrogen and oxygen atoms in total. The molecule has 0 atom stereocenters. The fourth-order valence-electron chi connectivity index (χ4n) is 3.86. The molecule has 0 aromatic heterocycles. The van der Waals surface area contributed by atoms with Crippen molar-refractivity contribution in [1.82, 2.24) is 15.1 Å². The molecule has 1 aliphatic carbocycles. The number of benzene rings is 1. The molecule has 7 heteroatoms. The Bertz CT molecular complexity index is 686. The Balaban J connectivity index is 1.60. The summed E-state index contributed by atoms with van der Waals surface area (Å²) in [6.45, 7) is 1.50. The number of urea groups is 1. The van der Waals surface area contributed by atoms with E-state index in [4.69, 9.17) is 4.74 Å². The van der Waals surface area contributed by atoms with Gasteiger partial charge in [0.2, 0.25) is 5.91 Å². The van der Waals surface area contributed by atoms with Gasteiger partial charge in [0, 0.05) is 33.2 Å². The smallest absolute Gasteiger partial charge is 0.325 e. The van der Waals surface area contributed by atoms with Gasteiger partial charge in [-0.25, -0.2) is 4.79 Å². The van der Waals surface area contributed by atoms with Gasteiger partial charge in [-0.3, -0.25) is 14.5 Å². The lowest BCUT2D eigenvalue weighted by atomic mass is 9.98. The highest BCUT2D eigenvalue weighted by molar-refractivity contribution is 6.07. The molecule has 1 N–H and O–H groups in total. The first-order valence-electron chi connectivity index (χ1n) is 9.50. The first-order valence-corrected chi connectivity index (χ1v) is 9.50. The largest absolute Gasteiger partial charge is 0.383 e. The van der Waals surface area contributed by atoms with Crippen molar-refractivity contribution in [3.8, 4) is 0 Å². The van der Waals surface area contributed by atoms with Crippen LogP contribution in [0.15, 0.2) is 30.3 Å². The number of imide groups is 1. The fraction of sp³-hybridized carbons (Fsp3) is 0.550. The van der Waals surface area contributed by atoms with E-state index in [1.165, 1.54) is 4.90 Å².